The Morgan fingerprint density at radius 3 is 2.72 bits per heavy atom. The van der Waals surface area contributed by atoms with Crippen LogP contribution < -0.4 is 5.32 Å². The largest absolute Gasteiger partial charge is 0.327 e. The maximum atomic E-state index is 12.6. The van der Waals surface area contributed by atoms with Crippen LogP contribution in [0.4, 0.5) is 10.5 Å². The van der Waals surface area contributed by atoms with Crippen molar-refractivity contribution in [3.05, 3.63) is 64.1 Å². The Bertz CT molecular complexity index is 798. The van der Waals surface area contributed by atoms with Crippen LogP contribution in [0, 0.1) is 0 Å². The van der Waals surface area contributed by atoms with E-state index in [4.69, 9.17) is 23.2 Å². The predicted molar refractivity (Wildman–Crippen MR) is 107 cm³/mol. The zero-order valence-electron chi connectivity index (χ0n) is 13.6. The van der Waals surface area contributed by atoms with Gasteiger partial charge in [-0.2, -0.15) is 0 Å². The number of urea groups is 1. The number of benzene rings is 2. The maximum absolute atomic E-state index is 12.6. The molecular formula is C18H17Cl2N3OS. The second-order valence-corrected chi connectivity index (χ2v) is 7.90. The van der Waals surface area contributed by atoms with E-state index in [0.717, 1.165) is 10.7 Å². The first-order chi connectivity index (χ1) is 12.0. The van der Waals surface area contributed by atoms with Gasteiger partial charge in [-0.25, -0.2) is 4.79 Å². The van der Waals surface area contributed by atoms with Crippen LogP contribution in [0.3, 0.4) is 0 Å². The van der Waals surface area contributed by atoms with E-state index in [9.17, 15) is 4.79 Å². The number of nitrogens with zero attached hydrogens (tertiary/aromatic N) is 2. The molecule has 1 N–H and O–H groups in total. The van der Waals surface area contributed by atoms with E-state index < -0.39 is 0 Å². The highest BCUT2D eigenvalue weighted by Gasteiger charge is 2.30. The van der Waals surface area contributed by atoms with E-state index in [2.05, 4.69) is 17.2 Å². The van der Waals surface area contributed by atoms with Gasteiger partial charge < -0.3 is 5.32 Å². The van der Waals surface area contributed by atoms with Crippen LogP contribution in [0.2, 0.25) is 10.0 Å². The highest BCUT2D eigenvalue weighted by Crippen LogP contribution is 2.28. The SMILES string of the molecule is C[C@@H]1CN(C(=O)Nc2ccc(Cl)c(Cl)c2)C(=NCc2ccccc2)S1. The van der Waals surface area contributed by atoms with E-state index in [1.807, 2.05) is 30.3 Å². The Kier molecular flexibility index (Phi) is 5.89. The van der Waals surface area contributed by atoms with Crippen molar-refractivity contribution in [2.45, 2.75) is 18.7 Å². The van der Waals surface area contributed by atoms with Crippen molar-refractivity contribution in [1.82, 2.24) is 4.90 Å². The Labute approximate surface area is 161 Å². The Morgan fingerprint density at radius 1 is 1.24 bits per heavy atom. The topological polar surface area (TPSA) is 44.7 Å². The highest BCUT2D eigenvalue weighted by atomic mass is 35.5. The Balaban J connectivity index is 1.72. The molecule has 0 unspecified atom stereocenters. The first-order valence-corrected chi connectivity index (χ1v) is 9.45. The van der Waals surface area contributed by atoms with Crippen LogP contribution in [0.1, 0.15) is 12.5 Å². The van der Waals surface area contributed by atoms with E-state index in [1.165, 1.54) is 0 Å². The summed E-state index contributed by atoms with van der Waals surface area (Å²) in [6.07, 6.45) is 0. The molecule has 0 bridgehead atoms. The van der Waals surface area contributed by atoms with Gasteiger partial charge in [0.15, 0.2) is 5.17 Å². The van der Waals surface area contributed by atoms with Crippen LogP contribution in [-0.2, 0) is 6.54 Å². The van der Waals surface area contributed by atoms with E-state index in [0.29, 0.717) is 34.1 Å². The lowest BCUT2D eigenvalue weighted by Crippen LogP contribution is -2.36. The minimum Gasteiger partial charge on any atom is -0.307 e. The average molecular weight is 394 g/mol. The van der Waals surface area contributed by atoms with Gasteiger partial charge in [0.25, 0.3) is 0 Å². The third-order valence-electron chi connectivity index (χ3n) is 3.63. The number of nitrogens with one attached hydrogen (secondary N) is 1. The van der Waals surface area contributed by atoms with Gasteiger partial charge in [0.05, 0.1) is 16.6 Å². The minimum absolute atomic E-state index is 0.220. The summed E-state index contributed by atoms with van der Waals surface area (Å²) < 4.78 is 0. The molecule has 1 heterocycles. The zero-order valence-corrected chi connectivity index (χ0v) is 15.9. The van der Waals surface area contributed by atoms with Gasteiger partial charge in [0.1, 0.15) is 0 Å². The first-order valence-electron chi connectivity index (χ1n) is 7.81. The molecule has 1 aliphatic heterocycles. The zero-order chi connectivity index (χ0) is 17.8. The molecular weight excluding hydrogens is 377 g/mol. The number of hydrogen-bond acceptors (Lipinski definition) is 3. The summed E-state index contributed by atoms with van der Waals surface area (Å²) in [7, 11) is 0. The summed E-state index contributed by atoms with van der Waals surface area (Å²) in [4.78, 5) is 18.9. The molecule has 130 valence electrons. The number of amidine groups is 1. The Hall–Kier alpha value is -1.69. The fraction of sp³-hybridized carbons (Fsp3) is 0.222. The summed E-state index contributed by atoms with van der Waals surface area (Å²) in [6.45, 7) is 3.24. The third kappa shape index (κ3) is 4.69. The van der Waals surface area contributed by atoms with Gasteiger partial charge >= 0.3 is 6.03 Å². The number of carbonyl (C=O) groups is 1. The van der Waals surface area contributed by atoms with Crippen molar-refractivity contribution in [2.75, 3.05) is 11.9 Å². The summed E-state index contributed by atoms with van der Waals surface area (Å²) >= 11 is 13.5. The smallest absolute Gasteiger partial charge is 0.307 e. The van der Waals surface area contributed by atoms with Gasteiger partial charge in [0, 0.05) is 17.5 Å². The first kappa shape index (κ1) is 18.1. The van der Waals surface area contributed by atoms with Crippen LogP contribution in [0.5, 0.6) is 0 Å². The second-order valence-electron chi connectivity index (χ2n) is 5.68. The van der Waals surface area contributed by atoms with Crippen molar-refractivity contribution in [3.63, 3.8) is 0 Å². The fourth-order valence-corrected chi connectivity index (χ4v) is 3.72. The maximum Gasteiger partial charge on any atom is 0.327 e. The molecule has 0 aromatic heterocycles. The molecule has 0 radical (unpaired) electrons. The molecule has 1 saturated heterocycles. The minimum atomic E-state index is -0.220. The molecule has 1 aliphatic rings. The lowest BCUT2D eigenvalue weighted by molar-refractivity contribution is 0.235. The molecule has 25 heavy (non-hydrogen) atoms. The van der Waals surface area contributed by atoms with E-state index >= 15 is 0 Å². The van der Waals surface area contributed by atoms with Crippen LogP contribution in [0.15, 0.2) is 53.5 Å². The van der Waals surface area contributed by atoms with Crippen LogP contribution in [0.25, 0.3) is 0 Å². The number of anilines is 1. The molecule has 2 aromatic carbocycles. The molecule has 0 spiro atoms. The number of amides is 2. The van der Waals surface area contributed by atoms with Crippen LogP contribution in [-0.4, -0.2) is 27.9 Å². The normalized spacial score (nSPS) is 18.6. The van der Waals surface area contributed by atoms with Gasteiger partial charge in [-0.1, -0.05) is 72.2 Å². The quantitative estimate of drug-likeness (QED) is 0.745. The molecule has 7 heteroatoms. The second kappa shape index (κ2) is 8.13. The van der Waals surface area contributed by atoms with Crippen molar-refractivity contribution in [3.8, 4) is 0 Å². The Morgan fingerprint density at radius 2 is 2.00 bits per heavy atom. The number of halogens is 2. The van der Waals surface area contributed by atoms with E-state index in [-0.39, 0.29) is 6.03 Å². The van der Waals surface area contributed by atoms with Crippen molar-refractivity contribution in [2.24, 2.45) is 4.99 Å². The summed E-state index contributed by atoms with van der Waals surface area (Å²) in [6, 6.07) is 14.8. The standard InChI is InChI=1S/C18H17Cl2N3OS/c1-12-11-23(17(24)22-14-7-8-15(19)16(20)9-14)18(25-12)21-10-13-5-3-2-4-6-13/h2-9,12H,10-11H2,1H3,(H,22,24)/t12-/m1/s1. The third-order valence-corrected chi connectivity index (χ3v) is 5.48. The number of rotatable bonds is 3. The lowest BCUT2D eigenvalue weighted by atomic mass is 10.2. The monoisotopic (exact) mass is 393 g/mol. The molecule has 2 aromatic rings. The number of thioether (sulfide) groups is 1. The summed E-state index contributed by atoms with van der Waals surface area (Å²) in [5, 5.41) is 4.74. The molecule has 0 aliphatic carbocycles. The van der Waals surface area contributed by atoms with Gasteiger partial charge in [0.2, 0.25) is 0 Å². The van der Waals surface area contributed by atoms with Gasteiger partial charge in [-0.15, -0.1) is 0 Å². The van der Waals surface area contributed by atoms with Gasteiger partial charge in [-0.05, 0) is 23.8 Å². The fourth-order valence-electron chi connectivity index (χ4n) is 2.42. The average Bonchev–Trinajstić information content (AvgIpc) is 2.98. The molecule has 4 nitrogen and oxygen atoms in total. The molecule has 0 saturated carbocycles. The molecule has 1 atom stereocenters. The number of hydrogen-bond donors (Lipinski definition) is 1. The lowest BCUT2D eigenvalue weighted by Gasteiger charge is -2.17. The highest BCUT2D eigenvalue weighted by molar-refractivity contribution is 8.14. The van der Waals surface area contributed by atoms with Crippen molar-refractivity contribution in [1.29, 1.82) is 0 Å². The predicted octanol–water partition coefficient (Wildman–Crippen LogP) is 5.52. The van der Waals surface area contributed by atoms with Crippen molar-refractivity contribution >= 4 is 51.8 Å². The molecule has 3 rings (SSSR count). The summed E-state index contributed by atoms with van der Waals surface area (Å²) in [5.74, 6) is 0. The van der Waals surface area contributed by atoms with Crippen molar-refractivity contribution < 1.29 is 4.79 Å². The van der Waals surface area contributed by atoms with Gasteiger partial charge in [-0.3, -0.25) is 9.89 Å². The molecule has 2 amide bonds. The molecule has 1 fully saturated rings. The number of carbonyl (C=O) groups excluding carboxylic acids is 1. The van der Waals surface area contributed by atoms with E-state index in [1.54, 1.807) is 34.9 Å². The van der Waals surface area contributed by atoms with Crippen LogP contribution >= 0.6 is 35.0 Å². The number of aliphatic imine (C=N–C) groups is 1. The summed E-state index contributed by atoms with van der Waals surface area (Å²) in [5.41, 5.74) is 1.71.